The normalized spacial score (nSPS) is 11.0. The summed E-state index contributed by atoms with van der Waals surface area (Å²) >= 11 is 0. The Morgan fingerprint density at radius 2 is 1.86 bits per heavy atom. The molecule has 1 rings (SSSR count). The fraction of sp³-hybridized carbons (Fsp3) is 0.533. The zero-order chi connectivity index (χ0) is 16.2. The molecule has 0 saturated carbocycles. The molecule has 1 aromatic heterocycles. The highest BCUT2D eigenvalue weighted by Gasteiger charge is 2.17. The highest BCUT2D eigenvalue weighted by atomic mass is 16.4. The molecule has 0 bridgehead atoms. The van der Waals surface area contributed by atoms with Gasteiger partial charge in [-0.05, 0) is 24.0 Å². The van der Waals surface area contributed by atoms with E-state index in [9.17, 15) is 14.4 Å². The van der Waals surface area contributed by atoms with Gasteiger partial charge in [0.15, 0.2) is 0 Å². The number of amides is 1. The summed E-state index contributed by atoms with van der Waals surface area (Å²) in [7, 11) is 0. The number of carbonyl (C=O) groups is 2. The summed E-state index contributed by atoms with van der Waals surface area (Å²) in [6.07, 6.45) is 0. The van der Waals surface area contributed by atoms with Gasteiger partial charge in [0.1, 0.15) is 12.1 Å². The number of nitrogens with one attached hydrogen (secondary N) is 1. The molecular weight excluding hydrogens is 272 g/mol. The zero-order valence-electron chi connectivity index (χ0n) is 12.8. The first kappa shape index (κ1) is 16.9. The van der Waals surface area contributed by atoms with Crippen molar-refractivity contribution in [2.24, 2.45) is 5.92 Å². The molecule has 1 heterocycles. The van der Waals surface area contributed by atoms with E-state index in [1.54, 1.807) is 6.07 Å². The molecule has 0 unspecified atom stereocenters. The summed E-state index contributed by atoms with van der Waals surface area (Å²) in [6, 6.07) is 2.88. The van der Waals surface area contributed by atoms with Crippen LogP contribution < -0.4 is 10.9 Å². The second-order valence-electron chi connectivity index (χ2n) is 5.72. The SMILES string of the molecule is CC(C)CNC(=O)Cn1c(C(C)C)ccc(C(=O)O)c1=O. The number of nitrogens with zero attached hydrogens (tertiary/aromatic N) is 1. The average molecular weight is 294 g/mol. The van der Waals surface area contributed by atoms with Gasteiger partial charge in [0.25, 0.3) is 5.56 Å². The average Bonchev–Trinajstić information content (AvgIpc) is 2.37. The Labute approximate surface area is 123 Å². The summed E-state index contributed by atoms with van der Waals surface area (Å²) in [6.45, 7) is 8.06. The van der Waals surface area contributed by atoms with Crippen LogP contribution in [0.2, 0.25) is 0 Å². The predicted molar refractivity (Wildman–Crippen MR) is 79.6 cm³/mol. The molecule has 6 heteroatoms. The van der Waals surface area contributed by atoms with E-state index in [2.05, 4.69) is 5.32 Å². The molecule has 0 aromatic carbocycles. The van der Waals surface area contributed by atoms with Gasteiger partial charge in [-0.25, -0.2) is 4.79 Å². The second-order valence-corrected chi connectivity index (χ2v) is 5.72. The van der Waals surface area contributed by atoms with E-state index >= 15 is 0 Å². The minimum Gasteiger partial charge on any atom is -0.477 e. The van der Waals surface area contributed by atoms with Gasteiger partial charge >= 0.3 is 5.97 Å². The van der Waals surface area contributed by atoms with E-state index in [0.717, 1.165) is 0 Å². The summed E-state index contributed by atoms with van der Waals surface area (Å²) in [5.74, 6) is -1.26. The summed E-state index contributed by atoms with van der Waals surface area (Å²) in [4.78, 5) is 35.2. The van der Waals surface area contributed by atoms with Gasteiger partial charge < -0.3 is 15.0 Å². The van der Waals surface area contributed by atoms with Crippen molar-refractivity contribution in [2.75, 3.05) is 6.54 Å². The predicted octanol–water partition coefficient (Wildman–Crippen LogP) is 1.44. The Hall–Kier alpha value is -2.11. The van der Waals surface area contributed by atoms with Gasteiger partial charge in [-0.3, -0.25) is 9.59 Å². The second kappa shape index (κ2) is 7.06. The van der Waals surface area contributed by atoms with Crippen molar-refractivity contribution < 1.29 is 14.7 Å². The van der Waals surface area contributed by atoms with E-state index in [0.29, 0.717) is 18.2 Å². The quantitative estimate of drug-likeness (QED) is 0.831. The molecule has 0 aliphatic rings. The molecule has 116 valence electrons. The van der Waals surface area contributed by atoms with Crippen molar-refractivity contribution >= 4 is 11.9 Å². The molecule has 0 spiro atoms. The molecule has 0 fully saturated rings. The Kier molecular flexibility index (Phi) is 5.69. The molecule has 0 aliphatic carbocycles. The Morgan fingerprint density at radius 1 is 1.24 bits per heavy atom. The molecule has 21 heavy (non-hydrogen) atoms. The molecule has 0 atom stereocenters. The number of carboxylic acid groups (broad SMARTS) is 1. The topological polar surface area (TPSA) is 88.4 Å². The third-order valence-corrected chi connectivity index (χ3v) is 3.04. The van der Waals surface area contributed by atoms with Crippen LogP contribution >= 0.6 is 0 Å². The highest BCUT2D eigenvalue weighted by molar-refractivity contribution is 5.87. The van der Waals surface area contributed by atoms with Crippen molar-refractivity contribution in [1.82, 2.24) is 9.88 Å². The van der Waals surface area contributed by atoms with Crippen molar-refractivity contribution in [1.29, 1.82) is 0 Å². The van der Waals surface area contributed by atoms with Gasteiger partial charge in [0.05, 0.1) is 0 Å². The number of hydrogen-bond acceptors (Lipinski definition) is 3. The standard InChI is InChI=1S/C15H22N2O4/c1-9(2)7-16-13(18)8-17-12(10(3)4)6-5-11(14(17)19)15(20)21/h5-6,9-10H,7-8H2,1-4H3,(H,16,18)(H,20,21). The van der Waals surface area contributed by atoms with Crippen LogP contribution in [0.4, 0.5) is 0 Å². The summed E-state index contributed by atoms with van der Waals surface area (Å²) in [5, 5.41) is 11.7. The lowest BCUT2D eigenvalue weighted by molar-refractivity contribution is -0.121. The van der Waals surface area contributed by atoms with Crippen LogP contribution in [-0.4, -0.2) is 28.1 Å². The lowest BCUT2D eigenvalue weighted by Gasteiger charge is -2.16. The lowest BCUT2D eigenvalue weighted by atomic mass is 10.1. The Morgan fingerprint density at radius 3 is 2.33 bits per heavy atom. The van der Waals surface area contributed by atoms with Crippen LogP contribution in [0.5, 0.6) is 0 Å². The monoisotopic (exact) mass is 294 g/mol. The summed E-state index contributed by atoms with van der Waals surface area (Å²) < 4.78 is 1.24. The number of hydrogen-bond donors (Lipinski definition) is 2. The van der Waals surface area contributed by atoms with Gasteiger partial charge in [0, 0.05) is 12.2 Å². The third-order valence-electron chi connectivity index (χ3n) is 3.04. The third kappa shape index (κ3) is 4.44. The first-order valence-corrected chi connectivity index (χ1v) is 6.97. The molecular formula is C15H22N2O4. The van der Waals surface area contributed by atoms with Gasteiger partial charge in [-0.2, -0.15) is 0 Å². The first-order chi connectivity index (χ1) is 9.73. The molecule has 0 saturated heterocycles. The summed E-state index contributed by atoms with van der Waals surface area (Å²) in [5.41, 5.74) is -0.325. The molecule has 0 radical (unpaired) electrons. The van der Waals surface area contributed by atoms with E-state index < -0.39 is 11.5 Å². The van der Waals surface area contributed by atoms with Gasteiger partial charge in [-0.15, -0.1) is 0 Å². The van der Waals surface area contributed by atoms with E-state index in [-0.39, 0.29) is 23.9 Å². The highest BCUT2D eigenvalue weighted by Crippen LogP contribution is 2.13. The van der Waals surface area contributed by atoms with E-state index in [1.807, 2.05) is 27.7 Å². The van der Waals surface area contributed by atoms with Crippen LogP contribution in [0.3, 0.4) is 0 Å². The maximum atomic E-state index is 12.2. The number of aromatic carboxylic acids is 1. The maximum Gasteiger partial charge on any atom is 0.341 e. The fourth-order valence-electron chi connectivity index (χ4n) is 1.94. The largest absolute Gasteiger partial charge is 0.477 e. The minimum absolute atomic E-state index is 0.0124. The number of pyridine rings is 1. The van der Waals surface area contributed by atoms with Gasteiger partial charge in [0.2, 0.25) is 5.91 Å². The molecule has 1 amide bonds. The van der Waals surface area contributed by atoms with Crippen LogP contribution in [0.15, 0.2) is 16.9 Å². The van der Waals surface area contributed by atoms with Crippen LogP contribution in [0.25, 0.3) is 0 Å². The zero-order valence-corrected chi connectivity index (χ0v) is 12.8. The van der Waals surface area contributed by atoms with Crippen molar-refractivity contribution in [3.8, 4) is 0 Å². The number of aromatic nitrogens is 1. The van der Waals surface area contributed by atoms with Crippen molar-refractivity contribution in [3.63, 3.8) is 0 Å². The maximum absolute atomic E-state index is 12.2. The van der Waals surface area contributed by atoms with Crippen LogP contribution in [0, 0.1) is 5.92 Å². The van der Waals surface area contributed by atoms with Crippen molar-refractivity contribution in [3.05, 3.63) is 33.7 Å². The number of rotatable bonds is 6. The molecule has 1 aromatic rings. The Balaban J connectivity index is 3.13. The minimum atomic E-state index is -1.29. The first-order valence-electron chi connectivity index (χ1n) is 6.97. The van der Waals surface area contributed by atoms with Crippen LogP contribution in [-0.2, 0) is 11.3 Å². The lowest BCUT2D eigenvalue weighted by Crippen LogP contribution is -2.37. The smallest absolute Gasteiger partial charge is 0.341 e. The number of carbonyl (C=O) groups excluding carboxylic acids is 1. The number of carboxylic acids is 1. The fourth-order valence-corrected chi connectivity index (χ4v) is 1.94. The van der Waals surface area contributed by atoms with Gasteiger partial charge in [-0.1, -0.05) is 27.7 Å². The van der Waals surface area contributed by atoms with Crippen molar-refractivity contribution in [2.45, 2.75) is 40.2 Å². The van der Waals surface area contributed by atoms with E-state index in [4.69, 9.17) is 5.11 Å². The molecule has 6 nitrogen and oxygen atoms in total. The molecule has 0 aliphatic heterocycles. The molecule has 2 N–H and O–H groups in total. The van der Waals surface area contributed by atoms with E-state index in [1.165, 1.54) is 10.6 Å². The van der Waals surface area contributed by atoms with Crippen LogP contribution in [0.1, 0.15) is 49.7 Å². The Bertz CT molecular complexity index is 588.